The van der Waals surface area contributed by atoms with Crippen LogP contribution in [0.4, 0.5) is 4.79 Å². The molecule has 4 atom stereocenters. The molecule has 1 aliphatic carbocycles. The van der Waals surface area contributed by atoms with Crippen molar-refractivity contribution in [1.82, 2.24) is 10.6 Å². The predicted molar refractivity (Wildman–Crippen MR) is 78.6 cm³/mol. The largest absolute Gasteiger partial charge is 0.480 e. The van der Waals surface area contributed by atoms with E-state index >= 15 is 0 Å². The maximum Gasteiger partial charge on any atom is 0.326 e. The number of carboxylic acid groups (broad SMARTS) is 1. The number of aliphatic carboxylic acids is 1. The predicted octanol–water partition coefficient (Wildman–Crippen LogP) is 2.75. The summed E-state index contributed by atoms with van der Waals surface area (Å²) in [6.07, 6.45) is 5.47. The van der Waals surface area contributed by atoms with E-state index in [-0.39, 0.29) is 12.1 Å². The van der Waals surface area contributed by atoms with Gasteiger partial charge in [-0.1, -0.05) is 40.0 Å². The van der Waals surface area contributed by atoms with Crippen molar-refractivity contribution in [3.05, 3.63) is 0 Å². The molecule has 1 fully saturated rings. The summed E-state index contributed by atoms with van der Waals surface area (Å²) in [5, 5.41) is 14.6. The number of carbonyl (C=O) groups excluding carboxylic acids is 1. The van der Waals surface area contributed by atoms with Gasteiger partial charge in [0.15, 0.2) is 0 Å². The summed E-state index contributed by atoms with van der Waals surface area (Å²) < 4.78 is 0. The lowest BCUT2D eigenvalue weighted by Gasteiger charge is -2.22. The fourth-order valence-electron chi connectivity index (χ4n) is 3.06. The summed E-state index contributed by atoms with van der Waals surface area (Å²) in [7, 11) is 0. The Morgan fingerprint density at radius 1 is 1.30 bits per heavy atom. The average molecular weight is 284 g/mol. The molecule has 1 rings (SSSR count). The minimum atomic E-state index is -0.959. The van der Waals surface area contributed by atoms with Gasteiger partial charge >= 0.3 is 12.0 Å². The van der Waals surface area contributed by atoms with Crippen molar-refractivity contribution in [2.24, 2.45) is 11.8 Å². The molecule has 5 heteroatoms. The van der Waals surface area contributed by atoms with Gasteiger partial charge in [-0.2, -0.15) is 0 Å². The van der Waals surface area contributed by atoms with E-state index in [2.05, 4.69) is 24.5 Å². The van der Waals surface area contributed by atoms with Gasteiger partial charge in [-0.05, 0) is 31.1 Å². The van der Waals surface area contributed by atoms with E-state index in [4.69, 9.17) is 5.11 Å². The molecule has 3 N–H and O–H groups in total. The van der Waals surface area contributed by atoms with Crippen LogP contribution in [0.5, 0.6) is 0 Å². The van der Waals surface area contributed by atoms with Crippen LogP contribution in [0.2, 0.25) is 0 Å². The second-order valence-electron chi connectivity index (χ2n) is 5.86. The van der Waals surface area contributed by atoms with Crippen molar-refractivity contribution in [2.45, 2.75) is 71.4 Å². The molecule has 20 heavy (non-hydrogen) atoms. The standard InChI is InChI=1S/C15H28N2O3/c1-4-6-7-13(14(18)19)17-15(20)16-12-9-8-11(5-2)10(12)3/h10-13H,4-9H2,1-3H3,(H,18,19)(H2,16,17,20). The number of carbonyl (C=O) groups is 2. The number of carboxylic acids is 1. The molecule has 0 aromatic carbocycles. The lowest BCUT2D eigenvalue weighted by atomic mass is 9.93. The molecule has 0 aliphatic heterocycles. The normalized spacial score (nSPS) is 27.1. The van der Waals surface area contributed by atoms with Gasteiger partial charge in [0.1, 0.15) is 6.04 Å². The van der Waals surface area contributed by atoms with Gasteiger partial charge in [0.25, 0.3) is 0 Å². The van der Waals surface area contributed by atoms with Crippen molar-refractivity contribution < 1.29 is 14.7 Å². The van der Waals surface area contributed by atoms with Crippen LogP contribution < -0.4 is 10.6 Å². The number of hydrogen-bond donors (Lipinski definition) is 3. The van der Waals surface area contributed by atoms with Crippen molar-refractivity contribution in [3.8, 4) is 0 Å². The molecule has 1 aliphatic rings. The van der Waals surface area contributed by atoms with E-state index < -0.39 is 12.0 Å². The van der Waals surface area contributed by atoms with Crippen LogP contribution in [0.15, 0.2) is 0 Å². The number of nitrogens with one attached hydrogen (secondary N) is 2. The van der Waals surface area contributed by atoms with E-state index in [9.17, 15) is 9.59 Å². The number of unbranched alkanes of at least 4 members (excludes halogenated alkanes) is 1. The van der Waals surface area contributed by atoms with E-state index in [1.165, 1.54) is 0 Å². The first-order valence-electron chi connectivity index (χ1n) is 7.79. The van der Waals surface area contributed by atoms with Crippen molar-refractivity contribution >= 4 is 12.0 Å². The first-order valence-corrected chi connectivity index (χ1v) is 7.79. The SMILES string of the molecule is CCCCC(NC(=O)NC1CCC(CC)C1C)C(=O)O. The van der Waals surface area contributed by atoms with Crippen LogP contribution in [0.25, 0.3) is 0 Å². The average Bonchev–Trinajstić information content (AvgIpc) is 2.75. The quantitative estimate of drug-likeness (QED) is 0.672. The summed E-state index contributed by atoms with van der Waals surface area (Å²) in [4.78, 5) is 23.0. The fraction of sp³-hybridized carbons (Fsp3) is 0.867. The minimum Gasteiger partial charge on any atom is -0.480 e. The highest BCUT2D eigenvalue weighted by Gasteiger charge is 2.33. The molecule has 0 heterocycles. The second-order valence-corrected chi connectivity index (χ2v) is 5.86. The Morgan fingerprint density at radius 3 is 2.50 bits per heavy atom. The summed E-state index contributed by atoms with van der Waals surface area (Å²) in [5.74, 6) is 0.167. The van der Waals surface area contributed by atoms with Crippen LogP contribution in [-0.2, 0) is 4.79 Å². The Morgan fingerprint density at radius 2 is 2.00 bits per heavy atom. The Hall–Kier alpha value is -1.26. The van der Waals surface area contributed by atoms with E-state index in [1.807, 2.05) is 6.92 Å². The van der Waals surface area contributed by atoms with E-state index in [0.717, 1.165) is 32.1 Å². The first kappa shape index (κ1) is 16.8. The fourth-order valence-corrected chi connectivity index (χ4v) is 3.06. The van der Waals surface area contributed by atoms with Crippen LogP contribution in [0.3, 0.4) is 0 Å². The van der Waals surface area contributed by atoms with Crippen LogP contribution in [-0.4, -0.2) is 29.2 Å². The molecule has 0 saturated heterocycles. The number of urea groups is 1. The van der Waals surface area contributed by atoms with Gasteiger partial charge in [-0.3, -0.25) is 0 Å². The lowest BCUT2D eigenvalue weighted by molar-refractivity contribution is -0.139. The topological polar surface area (TPSA) is 78.4 Å². The van der Waals surface area contributed by atoms with Gasteiger partial charge in [0.05, 0.1) is 0 Å². The number of amides is 2. The zero-order chi connectivity index (χ0) is 15.1. The molecule has 0 bridgehead atoms. The molecule has 0 aromatic rings. The summed E-state index contributed by atoms with van der Waals surface area (Å²) in [5.41, 5.74) is 0. The summed E-state index contributed by atoms with van der Waals surface area (Å²) in [6.45, 7) is 6.34. The van der Waals surface area contributed by atoms with E-state index in [1.54, 1.807) is 0 Å². The third-order valence-electron chi connectivity index (χ3n) is 4.52. The highest BCUT2D eigenvalue weighted by Crippen LogP contribution is 2.33. The number of hydrogen-bond acceptors (Lipinski definition) is 2. The molecule has 0 aromatic heterocycles. The smallest absolute Gasteiger partial charge is 0.326 e. The third kappa shape index (κ3) is 4.69. The Labute approximate surface area is 121 Å². The van der Waals surface area contributed by atoms with E-state index in [0.29, 0.717) is 18.3 Å². The zero-order valence-electron chi connectivity index (χ0n) is 12.8. The van der Waals surface area contributed by atoms with Gasteiger partial charge in [0, 0.05) is 6.04 Å². The molecule has 5 nitrogen and oxygen atoms in total. The minimum absolute atomic E-state index is 0.167. The second kappa shape index (κ2) is 8.12. The maximum absolute atomic E-state index is 11.9. The molecular weight excluding hydrogens is 256 g/mol. The molecule has 4 unspecified atom stereocenters. The van der Waals surface area contributed by atoms with Crippen LogP contribution in [0, 0.1) is 11.8 Å². The summed E-state index contributed by atoms with van der Waals surface area (Å²) in [6, 6.07) is -0.962. The summed E-state index contributed by atoms with van der Waals surface area (Å²) >= 11 is 0. The lowest BCUT2D eigenvalue weighted by Crippen LogP contribution is -2.49. The van der Waals surface area contributed by atoms with Gasteiger partial charge in [-0.25, -0.2) is 9.59 Å². The highest BCUT2D eigenvalue weighted by molar-refractivity contribution is 5.82. The molecular formula is C15H28N2O3. The zero-order valence-corrected chi connectivity index (χ0v) is 12.8. The van der Waals surface area contributed by atoms with Gasteiger partial charge in [-0.15, -0.1) is 0 Å². The third-order valence-corrected chi connectivity index (χ3v) is 4.52. The first-order chi connectivity index (χ1) is 9.49. The maximum atomic E-state index is 11.9. The van der Waals surface area contributed by atoms with Crippen LogP contribution >= 0.6 is 0 Å². The van der Waals surface area contributed by atoms with Gasteiger partial charge < -0.3 is 15.7 Å². The molecule has 2 amide bonds. The molecule has 116 valence electrons. The Bertz CT molecular complexity index is 333. The molecule has 0 spiro atoms. The molecule has 1 saturated carbocycles. The number of rotatable bonds is 7. The monoisotopic (exact) mass is 284 g/mol. The molecule has 0 radical (unpaired) electrons. The van der Waals surface area contributed by atoms with Gasteiger partial charge in [0.2, 0.25) is 0 Å². The highest BCUT2D eigenvalue weighted by atomic mass is 16.4. The van der Waals surface area contributed by atoms with Crippen molar-refractivity contribution in [2.75, 3.05) is 0 Å². The Kier molecular flexibility index (Phi) is 6.82. The van der Waals surface area contributed by atoms with Crippen molar-refractivity contribution in [3.63, 3.8) is 0 Å². The van der Waals surface area contributed by atoms with Crippen molar-refractivity contribution in [1.29, 1.82) is 0 Å². The van der Waals surface area contributed by atoms with Crippen LogP contribution in [0.1, 0.15) is 59.3 Å². The Balaban J connectivity index is 2.44.